The van der Waals surface area contributed by atoms with E-state index in [1.807, 2.05) is 0 Å². The van der Waals surface area contributed by atoms with Crippen molar-refractivity contribution < 1.29 is 26.4 Å². The molecule has 0 saturated carbocycles. The monoisotopic (exact) mass is 373 g/mol. The average Bonchev–Trinajstić information content (AvgIpc) is 2.97. The highest BCUT2D eigenvalue weighted by atomic mass is 32.2. The van der Waals surface area contributed by atoms with Gasteiger partial charge in [0, 0.05) is 13.1 Å². The summed E-state index contributed by atoms with van der Waals surface area (Å²) in [5.74, 6) is 3.17. The first kappa shape index (κ1) is 17.8. The number of nitrogens with zero attached hydrogens (tertiary/aromatic N) is 4. The van der Waals surface area contributed by atoms with Crippen LogP contribution in [0, 0.1) is 0 Å². The Kier molecular flexibility index (Phi) is 4.80. The number of carbonyl (C=O) groups is 1. The molecule has 130 valence electrons. The van der Waals surface area contributed by atoms with Crippen LogP contribution in [0.5, 0.6) is 0 Å². The zero-order chi connectivity index (χ0) is 17.4. The molecule has 23 heavy (non-hydrogen) atoms. The third-order valence-corrected chi connectivity index (χ3v) is 6.07. The normalized spacial score (nSPS) is 20.6. The van der Waals surface area contributed by atoms with E-state index in [1.54, 1.807) is 0 Å². The molecule has 1 fully saturated rings. The molecule has 2 heterocycles. The minimum Gasteiger partial charge on any atom is -0.341 e. The standard InChI is InChI=1S/C10H14F3N5O3S2/c1-17(6-2-3-23(20,21)5-6)7(19)4-22-9-16-15-8(18(9)14)10(11,12)13/h6H,2-5,14H2,1H3/t6-/m0/s1. The summed E-state index contributed by atoms with van der Waals surface area (Å²) in [4.78, 5) is 13.3. The van der Waals surface area contributed by atoms with Crippen LogP contribution in [0.1, 0.15) is 12.2 Å². The Balaban J connectivity index is 1.96. The van der Waals surface area contributed by atoms with E-state index < -0.39 is 33.8 Å². The number of hydrogen-bond donors (Lipinski definition) is 1. The van der Waals surface area contributed by atoms with Crippen molar-refractivity contribution in [3.8, 4) is 0 Å². The summed E-state index contributed by atoms with van der Waals surface area (Å²) in [6, 6.07) is -0.422. The first-order valence-corrected chi connectivity index (χ1v) is 9.18. The topological polar surface area (TPSA) is 111 Å². The van der Waals surface area contributed by atoms with Gasteiger partial charge in [-0.1, -0.05) is 11.8 Å². The average molecular weight is 373 g/mol. The lowest BCUT2D eigenvalue weighted by Gasteiger charge is -2.23. The summed E-state index contributed by atoms with van der Waals surface area (Å²) < 4.78 is 60.6. The SMILES string of the molecule is CN(C(=O)CSc1nnc(C(F)(F)F)n1N)[C@H]1CCS(=O)(=O)C1. The largest absolute Gasteiger partial charge is 0.453 e. The molecule has 1 atom stereocenters. The number of thioether (sulfide) groups is 1. The van der Waals surface area contributed by atoms with Crippen LogP contribution in [-0.2, 0) is 20.8 Å². The highest BCUT2D eigenvalue weighted by Crippen LogP contribution is 2.29. The van der Waals surface area contributed by atoms with Gasteiger partial charge >= 0.3 is 6.18 Å². The number of alkyl halides is 3. The fourth-order valence-corrected chi connectivity index (χ4v) is 4.64. The second kappa shape index (κ2) is 6.19. The van der Waals surface area contributed by atoms with Gasteiger partial charge in [-0.3, -0.25) is 4.79 Å². The summed E-state index contributed by atoms with van der Waals surface area (Å²) >= 11 is 0.703. The maximum absolute atomic E-state index is 12.5. The molecule has 2 rings (SSSR count). The number of sulfone groups is 1. The molecule has 1 saturated heterocycles. The molecule has 1 amide bonds. The van der Waals surface area contributed by atoms with Crippen molar-refractivity contribution >= 4 is 27.5 Å². The van der Waals surface area contributed by atoms with E-state index in [1.165, 1.54) is 11.9 Å². The van der Waals surface area contributed by atoms with Crippen molar-refractivity contribution in [1.29, 1.82) is 0 Å². The molecule has 1 aromatic heterocycles. The van der Waals surface area contributed by atoms with E-state index in [0.717, 1.165) is 0 Å². The van der Waals surface area contributed by atoms with Crippen molar-refractivity contribution in [2.45, 2.75) is 23.8 Å². The van der Waals surface area contributed by atoms with Crippen LogP contribution in [0.3, 0.4) is 0 Å². The lowest BCUT2D eigenvalue weighted by atomic mass is 10.2. The number of nitrogens with two attached hydrogens (primary N) is 1. The smallest absolute Gasteiger partial charge is 0.341 e. The molecular formula is C10H14F3N5O3S2. The molecule has 0 bridgehead atoms. The first-order chi connectivity index (χ1) is 10.5. The van der Waals surface area contributed by atoms with Crippen LogP contribution < -0.4 is 5.84 Å². The lowest BCUT2D eigenvalue weighted by molar-refractivity contribution is -0.146. The second-order valence-electron chi connectivity index (χ2n) is 5.02. The van der Waals surface area contributed by atoms with E-state index in [0.29, 0.717) is 18.2 Å². The van der Waals surface area contributed by atoms with Gasteiger partial charge in [0.1, 0.15) is 0 Å². The summed E-state index contributed by atoms with van der Waals surface area (Å²) in [6.45, 7) is 0. The number of aromatic nitrogens is 3. The Morgan fingerprint density at radius 3 is 2.61 bits per heavy atom. The third-order valence-electron chi connectivity index (χ3n) is 3.39. The van der Waals surface area contributed by atoms with Gasteiger partial charge in [0.2, 0.25) is 11.1 Å². The van der Waals surface area contributed by atoms with E-state index >= 15 is 0 Å². The Morgan fingerprint density at radius 2 is 2.13 bits per heavy atom. The fraction of sp³-hybridized carbons (Fsp3) is 0.700. The van der Waals surface area contributed by atoms with Crippen LogP contribution in [-0.4, -0.2) is 64.4 Å². The molecule has 1 aromatic rings. The quantitative estimate of drug-likeness (QED) is 0.572. The third kappa shape index (κ3) is 4.07. The number of nitrogen functional groups attached to an aromatic ring is 1. The van der Waals surface area contributed by atoms with Crippen molar-refractivity contribution in [2.75, 3.05) is 30.1 Å². The van der Waals surface area contributed by atoms with Crippen LogP contribution in [0.2, 0.25) is 0 Å². The summed E-state index contributed by atoms with van der Waals surface area (Å²) in [5, 5.41) is 5.99. The number of amides is 1. The van der Waals surface area contributed by atoms with Crippen LogP contribution >= 0.6 is 11.8 Å². The molecule has 8 nitrogen and oxygen atoms in total. The maximum atomic E-state index is 12.5. The van der Waals surface area contributed by atoms with Gasteiger partial charge in [-0.05, 0) is 6.42 Å². The number of hydrogen-bond acceptors (Lipinski definition) is 7. The van der Waals surface area contributed by atoms with Crippen LogP contribution in [0.15, 0.2) is 5.16 Å². The minimum absolute atomic E-state index is 0.0223. The van der Waals surface area contributed by atoms with Crippen LogP contribution in [0.4, 0.5) is 13.2 Å². The number of carbonyl (C=O) groups excluding carboxylic acids is 1. The molecule has 0 unspecified atom stereocenters. The Labute approximate surface area is 134 Å². The van der Waals surface area contributed by atoms with E-state index in [9.17, 15) is 26.4 Å². The molecular weight excluding hydrogens is 359 g/mol. The van der Waals surface area contributed by atoms with Gasteiger partial charge in [0.25, 0.3) is 5.82 Å². The molecule has 0 aromatic carbocycles. The first-order valence-electron chi connectivity index (χ1n) is 6.38. The number of halogens is 3. The van der Waals surface area contributed by atoms with Gasteiger partial charge in [0.15, 0.2) is 9.84 Å². The Hall–Kier alpha value is -1.50. The maximum Gasteiger partial charge on any atom is 0.453 e. The van der Waals surface area contributed by atoms with Gasteiger partial charge in [-0.2, -0.15) is 13.2 Å². The molecule has 0 radical (unpaired) electrons. The van der Waals surface area contributed by atoms with E-state index in [4.69, 9.17) is 5.84 Å². The highest BCUT2D eigenvalue weighted by molar-refractivity contribution is 7.99. The van der Waals surface area contributed by atoms with Crippen molar-refractivity contribution in [3.63, 3.8) is 0 Å². The van der Waals surface area contributed by atoms with Gasteiger partial charge in [0.05, 0.1) is 17.3 Å². The summed E-state index contributed by atoms with van der Waals surface area (Å²) in [6.07, 6.45) is -4.39. The molecule has 0 spiro atoms. The van der Waals surface area contributed by atoms with Crippen molar-refractivity contribution in [3.05, 3.63) is 5.82 Å². The summed E-state index contributed by atoms with van der Waals surface area (Å²) in [7, 11) is -1.67. The molecule has 2 N–H and O–H groups in total. The van der Waals surface area contributed by atoms with E-state index in [-0.39, 0.29) is 27.1 Å². The second-order valence-corrected chi connectivity index (χ2v) is 8.20. The zero-order valence-electron chi connectivity index (χ0n) is 11.9. The fourth-order valence-electron chi connectivity index (χ4n) is 2.08. The van der Waals surface area contributed by atoms with Gasteiger partial charge in [-0.15, -0.1) is 10.2 Å². The Bertz CT molecular complexity index is 703. The lowest BCUT2D eigenvalue weighted by Crippen LogP contribution is -2.38. The zero-order valence-corrected chi connectivity index (χ0v) is 13.6. The number of rotatable bonds is 4. The highest BCUT2D eigenvalue weighted by Gasteiger charge is 2.38. The predicted octanol–water partition coefficient (Wildman–Crippen LogP) is -0.252. The molecule has 13 heteroatoms. The molecule has 0 aliphatic carbocycles. The van der Waals surface area contributed by atoms with Crippen molar-refractivity contribution in [2.24, 2.45) is 0 Å². The summed E-state index contributed by atoms with van der Waals surface area (Å²) in [5.41, 5.74) is 0. The van der Waals surface area contributed by atoms with E-state index in [2.05, 4.69) is 10.2 Å². The minimum atomic E-state index is -4.74. The van der Waals surface area contributed by atoms with Gasteiger partial charge in [-0.25, -0.2) is 13.1 Å². The Morgan fingerprint density at radius 1 is 1.48 bits per heavy atom. The van der Waals surface area contributed by atoms with Gasteiger partial charge < -0.3 is 10.7 Å². The molecule has 1 aliphatic rings. The molecule has 1 aliphatic heterocycles. The van der Waals surface area contributed by atoms with Crippen LogP contribution in [0.25, 0.3) is 0 Å². The predicted molar refractivity (Wildman–Crippen MR) is 75.7 cm³/mol. The van der Waals surface area contributed by atoms with Crippen molar-refractivity contribution in [1.82, 2.24) is 19.8 Å².